The van der Waals surface area contributed by atoms with Crippen LogP contribution in [0.2, 0.25) is 5.02 Å². The highest BCUT2D eigenvalue weighted by atomic mass is 35.5. The number of hydrogen-bond acceptors (Lipinski definition) is 2. The zero-order chi connectivity index (χ0) is 14.0. The van der Waals surface area contributed by atoms with E-state index in [-0.39, 0.29) is 0 Å². The molecule has 0 bridgehead atoms. The summed E-state index contributed by atoms with van der Waals surface area (Å²) in [5.74, 6) is 1.39. The Balaban J connectivity index is 2.22. The largest absolute Gasteiger partial charge is 0.389 e. The maximum absolute atomic E-state index is 6.08. The van der Waals surface area contributed by atoms with E-state index >= 15 is 0 Å². The summed E-state index contributed by atoms with van der Waals surface area (Å²) in [7, 11) is 0. The molecular weight excluding hydrogens is 276 g/mol. The fourth-order valence-electron chi connectivity index (χ4n) is 2.84. The highest BCUT2D eigenvalue weighted by Gasteiger charge is 2.27. The van der Waals surface area contributed by atoms with Gasteiger partial charge in [0.25, 0.3) is 0 Å². The lowest BCUT2D eigenvalue weighted by atomic mass is 9.78. The average molecular weight is 297 g/mol. The van der Waals surface area contributed by atoms with Gasteiger partial charge in [0.05, 0.1) is 0 Å². The highest BCUT2D eigenvalue weighted by molar-refractivity contribution is 7.80. The number of thiocarbonyl (C=S) groups is 1. The summed E-state index contributed by atoms with van der Waals surface area (Å²) >= 11 is 11.2. The lowest BCUT2D eigenvalue weighted by molar-refractivity contribution is 0.253. The van der Waals surface area contributed by atoms with Crippen LogP contribution >= 0.6 is 23.8 Å². The second kappa shape index (κ2) is 6.10. The summed E-state index contributed by atoms with van der Waals surface area (Å²) in [4.78, 5) is 0.413. The minimum absolute atomic E-state index is 0.413. The van der Waals surface area contributed by atoms with Crippen LogP contribution in [0, 0.1) is 11.8 Å². The molecule has 0 heterocycles. The maximum Gasteiger partial charge on any atom is 0.106 e. The van der Waals surface area contributed by atoms with Crippen molar-refractivity contribution in [1.82, 2.24) is 0 Å². The molecule has 1 saturated carbocycles. The number of rotatable bonds is 3. The van der Waals surface area contributed by atoms with E-state index < -0.39 is 0 Å². The summed E-state index contributed by atoms with van der Waals surface area (Å²) in [6.45, 7) is 4.64. The third-order valence-electron chi connectivity index (χ3n) is 4.29. The van der Waals surface area contributed by atoms with Crippen molar-refractivity contribution in [3.05, 3.63) is 28.8 Å². The Morgan fingerprint density at radius 1 is 1.37 bits per heavy atom. The Morgan fingerprint density at radius 2 is 2.11 bits per heavy atom. The molecule has 3 unspecified atom stereocenters. The van der Waals surface area contributed by atoms with E-state index in [1.807, 2.05) is 18.2 Å². The Bertz CT molecular complexity index is 475. The first-order valence-corrected chi connectivity index (χ1v) is 7.63. The molecule has 104 valence electrons. The van der Waals surface area contributed by atoms with Crippen molar-refractivity contribution in [2.45, 2.75) is 39.2 Å². The van der Waals surface area contributed by atoms with Crippen LogP contribution in [0.25, 0.3) is 0 Å². The fourth-order valence-corrected chi connectivity index (χ4v) is 3.19. The number of halogens is 1. The summed E-state index contributed by atoms with van der Waals surface area (Å²) in [5, 5.41) is 4.31. The quantitative estimate of drug-likeness (QED) is 0.821. The van der Waals surface area contributed by atoms with Gasteiger partial charge in [0.2, 0.25) is 0 Å². The van der Waals surface area contributed by atoms with Crippen LogP contribution in [0.4, 0.5) is 5.69 Å². The van der Waals surface area contributed by atoms with E-state index in [0.29, 0.717) is 22.0 Å². The van der Waals surface area contributed by atoms with Gasteiger partial charge in [0.1, 0.15) is 4.99 Å². The Hall–Kier alpha value is -0.800. The van der Waals surface area contributed by atoms with Crippen molar-refractivity contribution >= 4 is 34.5 Å². The van der Waals surface area contributed by atoms with Crippen LogP contribution in [-0.2, 0) is 0 Å². The van der Waals surface area contributed by atoms with Crippen LogP contribution in [-0.4, -0.2) is 11.0 Å². The summed E-state index contributed by atoms with van der Waals surface area (Å²) in [6, 6.07) is 6.11. The second-order valence-corrected chi connectivity index (χ2v) is 6.45. The monoisotopic (exact) mass is 296 g/mol. The van der Waals surface area contributed by atoms with Crippen LogP contribution < -0.4 is 11.1 Å². The average Bonchev–Trinajstić information content (AvgIpc) is 2.35. The Kier molecular flexibility index (Phi) is 4.69. The third kappa shape index (κ3) is 3.40. The summed E-state index contributed by atoms with van der Waals surface area (Å²) < 4.78 is 0. The fraction of sp³-hybridized carbons (Fsp3) is 0.533. The van der Waals surface area contributed by atoms with Gasteiger partial charge in [-0.05, 0) is 36.5 Å². The molecule has 1 aliphatic carbocycles. The van der Waals surface area contributed by atoms with Crippen molar-refractivity contribution in [2.75, 3.05) is 5.32 Å². The molecule has 0 spiro atoms. The second-order valence-electron chi connectivity index (χ2n) is 5.57. The Morgan fingerprint density at radius 3 is 2.79 bits per heavy atom. The molecule has 1 aliphatic rings. The van der Waals surface area contributed by atoms with Gasteiger partial charge < -0.3 is 11.1 Å². The number of hydrogen-bond donors (Lipinski definition) is 2. The van der Waals surface area contributed by atoms with Crippen molar-refractivity contribution in [1.29, 1.82) is 0 Å². The first-order valence-electron chi connectivity index (χ1n) is 6.85. The minimum Gasteiger partial charge on any atom is -0.389 e. The van der Waals surface area contributed by atoms with Crippen LogP contribution in [0.1, 0.15) is 38.7 Å². The molecule has 2 nitrogen and oxygen atoms in total. The predicted octanol–water partition coefficient (Wildman–Crippen LogP) is 4.21. The van der Waals surface area contributed by atoms with E-state index in [1.165, 1.54) is 19.3 Å². The zero-order valence-corrected chi connectivity index (χ0v) is 13.0. The lowest BCUT2D eigenvalue weighted by Gasteiger charge is -2.35. The Labute approximate surface area is 125 Å². The molecule has 4 heteroatoms. The highest BCUT2D eigenvalue weighted by Crippen LogP contribution is 2.33. The smallest absolute Gasteiger partial charge is 0.106 e. The van der Waals surface area contributed by atoms with Crippen LogP contribution in [0.5, 0.6) is 0 Å². The number of benzene rings is 1. The van der Waals surface area contributed by atoms with E-state index in [0.717, 1.165) is 17.2 Å². The van der Waals surface area contributed by atoms with Gasteiger partial charge in [0.15, 0.2) is 0 Å². The van der Waals surface area contributed by atoms with Gasteiger partial charge in [-0.2, -0.15) is 0 Å². The molecular formula is C15H21ClN2S. The van der Waals surface area contributed by atoms with Crippen LogP contribution in [0.3, 0.4) is 0 Å². The predicted molar refractivity (Wildman–Crippen MR) is 86.9 cm³/mol. The van der Waals surface area contributed by atoms with Gasteiger partial charge in [0, 0.05) is 22.3 Å². The summed E-state index contributed by atoms with van der Waals surface area (Å²) in [5.41, 5.74) is 7.62. The zero-order valence-electron chi connectivity index (χ0n) is 11.4. The molecule has 19 heavy (non-hydrogen) atoms. The molecule has 3 atom stereocenters. The van der Waals surface area contributed by atoms with Gasteiger partial charge >= 0.3 is 0 Å². The topological polar surface area (TPSA) is 38.0 Å². The van der Waals surface area contributed by atoms with Crippen molar-refractivity contribution in [3.63, 3.8) is 0 Å². The van der Waals surface area contributed by atoms with Gasteiger partial charge in [-0.15, -0.1) is 0 Å². The molecule has 1 aromatic rings. The van der Waals surface area contributed by atoms with Gasteiger partial charge in [-0.25, -0.2) is 0 Å². The normalized spacial score (nSPS) is 27.0. The van der Waals surface area contributed by atoms with E-state index in [9.17, 15) is 0 Å². The number of nitrogens with one attached hydrogen (secondary N) is 1. The first kappa shape index (κ1) is 14.6. The molecule has 3 N–H and O–H groups in total. The molecule has 0 saturated heterocycles. The van der Waals surface area contributed by atoms with E-state index in [4.69, 9.17) is 29.6 Å². The molecule has 1 fully saturated rings. The van der Waals surface area contributed by atoms with Crippen molar-refractivity contribution < 1.29 is 0 Å². The van der Waals surface area contributed by atoms with E-state index in [1.54, 1.807) is 0 Å². The SMILES string of the molecule is CC1CCCC(Nc2cc(Cl)ccc2C(N)=S)C1C. The third-order valence-corrected chi connectivity index (χ3v) is 4.75. The number of anilines is 1. The van der Waals surface area contributed by atoms with Gasteiger partial charge in [-0.3, -0.25) is 0 Å². The molecule has 0 aliphatic heterocycles. The molecule has 1 aromatic carbocycles. The number of nitrogens with two attached hydrogens (primary N) is 1. The van der Waals surface area contributed by atoms with Crippen molar-refractivity contribution in [2.24, 2.45) is 17.6 Å². The maximum atomic E-state index is 6.08. The molecule has 0 radical (unpaired) electrons. The molecule has 0 aromatic heterocycles. The lowest BCUT2D eigenvalue weighted by Crippen LogP contribution is -2.35. The minimum atomic E-state index is 0.413. The first-order chi connectivity index (χ1) is 8.99. The van der Waals surface area contributed by atoms with Gasteiger partial charge in [-0.1, -0.05) is 50.5 Å². The van der Waals surface area contributed by atoms with Crippen LogP contribution in [0.15, 0.2) is 18.2 Å². The molecule has 2 rings (SSSR count). The molecule has 0 amide bonds. The van der Waals surface area contributed by atoms with Crippen molar-refractivity contribution in [3.8, 4) is 0 Å². The standard InChI is InChI=1S/C15H21ClN2S/c1-9-4-3-5-13(10(9)2)18-14-8-11(16)6-7-12(14)15(17)19/h6-10,13,18H,3-5H2,1-2H3,(H2,17,19). The van der Waals surface area contributed by atoms with E-state index in [2.05, 4.69) is 19.2 Å². The summed E-state index contributed by atoms with van der Waals surface area (Å²) in [6.07, 6.45) is 3.78.